The molecule has 0 aliphatic rings. The first-order chi connectivity index (χ1) is 16.1. The number of halogens is 5. The molecular formula is C23H34F5NO4S. The zero-order chi connectivity index (χ0) is 25.6. The lowest BCUT2D eigenvalue weighted by molar-refractivity contribution is -0.147. The number of hydrogen-bond donors (Lipinski definition) is 2. The summed E-state index contributed by atoms with van der Waals surface area (Å²) in [6, 6.07) is 0. The predicted octanol–water partition coefficient (Wildman–Crippen LogP) is 5.83. The monoisotopic (exact) mass is 515 g/mol. The maximum absolute atomic E-state index is 13.6. The summed E-state index contributed by atoms with van der Waals surface area (Å²) in [6.07, 6.45) is 10.7. The molecule has 0 aliphatic carbocycles. The molecule has 0 radical (unpaired) electrons. The van der Waals surface area contributed by atoms with Crippen LogP contribution in [0.2, 0.25) is 0 Å². The first-order valence-corrected chi connectivity index (χ1v) is 12.1. The molecule has 5 nitrogen and oxygen atoms in total. The first-order valence-electron chi connectivity index (χ1n) is 11.4. The van der Waals surface area contributed by atoms with Crippen molar-refractivity contribution in [2.75, 3.05) is 25.6 Å². The van der Waals surface area contributed by atoms with Crippen molar-refractivity contribution in [2.24, 2.45) is 5.73 Å². The van der Waals surface area contributed by atoms with Crippen LogP contribution in [0.5, 0.6) is 5.75 Å². The van der Waals surface area contributed by atoms with Gasteiger partial charge in [0.1, 0.15) is 12.3 Å². The Bertz CT molecular complexity index is 738. The van der Waals surface area contributed by atoms with Crippen molar-refractivity contribution in [3.8, 4) is 5.75 Å². The molecule has 0 heterocycles. The largest absolute Gasteiger partial charge is 0.418 e. The molecule has 0 saturated heterocycles. The molecule has 0 aromatic heterocycles. The van der Waals surface area contributed by atoms with E-state index in [-0.39, 0.29) is 13.0 Å². The Morgan fingerprint density at radius 2 is 1.26 bits per heavy atom. The summed E-state index contributed by atoms with van der Waals surface area (Å²) in [4.78, 5) is 11.8. The van der Waals surface area contributed by atoms with Gasteiger partial charge >= 0.3 is 5.97 Å². The van der Waals surface area contributed by atoms with Gasteiger partial charge in [-0.15, -0.1) is 0 Å². The summed E-state index contributed by atoms with van der Waals surface area (Å²) in [5.41, 5.74) is 4.56. The molecule has 0 spiro atoms. The fraction of sp³-hybridized carbons (Fsp3) is 0.696. The van der Waals surface area contributed by atoms with Crippen LogP contribution in [0, 0.1) is 29.1 Å². The SMILES string of the molecule is CC(N)(CCOCCCCCCCCCCCS)OCC(=O)Oc1c(F)c(F)c(F)c(F)c1F. The standard InChI is InChI=1S/C23H34F5NO4S/c1-23(29,11-13-31-12-9-7-5-3-2-4-6-8-10-14-34)32-15-16(30)33-22-20(27)18(25)17(24)19(26)21(22)28/h34H,2-15,29H2,1H3. The molecule has 0 bridgehead atoms. The highest BCUT2D eigenvalue weighted by molar-refractivity contribution is 7.80. The summed E-state index contributed by atoms with van der Waals surface area (Å²) >= 11 is 4.19. The van der Waals surface area contributed by atoms with E-state index in [9.17, 15) is 26.7 Å². The molecule has 0 amide bonds. The highest BCUT2D eigenvalue weighted by Crippen LogP contribution is 2.29. The van der Waals surface area contributed by atoms with Crippen molar-refractivity contribution >= 4 is 18.6 Å². The van der Waals surface area contributed by atoms with E-state index in [1.807, 2.05) is 0 Å². The summed E-state index contributed by atoms with van der Waals surface area (Å²) in [7, 11) is 0. The van der Waals surface area contributed by atoms with Crippen molar-refractivity contribution < 1.29 is 41.0 Å². The lowest BCUT2D eigenvalue weighted by Crippen LogP contribution is -2.42. The lowest BCUT2D eigenvalue weighted by Gasteiger charge is -2.24. The average molecular weight is 516 g/mol. The van der Waals surface area contributed by atoms with E-state index in [1.165, 1.54) is 45.4 Å². The Morgan fingerprint density at radius 1 is 0.794 bits per heavy atom. The molecule has 0 fully saturated rings. The number of nitrogens with two attached hydrogens (primary N) is 1. The highest BCUT2D eigenvalue weighted by Gasteiger charge is 2.29. The van der Waals surface area contributed by atoms with Crippen LogP contribution in [-0.2, 0) is 14.3 Å². The van der Waals surface area contributed by atoms with Gasteiger partial charge < -0.3 is 19.9 Å². The Balaban J connectivity index is 2.20. The topological polar surface area (TPSA) is 70.8 Å². The van der Waals surface area contributed by atoms with Crippen LogP contribution in [-0.4, -0.2) is 37.3 Å². The first kappa shape index (κ1) is 30.6. The van der Waals surface area contributed by atoms with E-state index in [2.05, 4.69) is 17.4 Å². The van der Waals surface area contributed by atoms with Gasteiger partial charge in [-0.3, -0.25) is 0 Å². The number of ether oxygens (including phenoxy) is 3. The normalized spacial score (nSPS) is 13.2. The Labute approximate surface area is 202 Å². The second kappa shape index (κ2) is 16.3. The van der Waals surface area contributed by atoms with Crippen LogP contribution < -0.4 is 10.5 Å². The minimum Gasteiger partial charge on any atom is -0.418 e. The Hall–Kier alpha value is -1.43. The minimum absolute atomic E-state index is 0.203. The minimum atomic E-state index is -2.35. The predicted molar refractivity (Wildman–Crippen MR) is 121 cm³/mol. The van der Waals surface area contributed by atoms with Crippen molar-refractivity contribution in [2.45, 2.75) is 76.9 Å². The third-order valence-corrected chi connectivity index (χ3v) is 5.41. The number of hydrogen-bond acceptors (Lipinski definition) is 6. The summed E-state index contributed by atoms with van der Waals surface area (Å²) in [5, 5.41) is 0. The van der Waals surface area contributed by atoms with Crippen LogP contribution in [0.15, 0.2) is 0 Å². The summed E-state index contributed by atoms with van der Waals surface area (Å²) < 4.78 is 81.4. The van der Waals surface area contributed by atoms with Gasteiger partial charge in [-0.05, 0) is 25.5 Å². The van der Waals surface area contributed by atoms with Gasteiger partial charge in [0.25, 0.3) is 0 Å². The average Bonchev–Trinajstić information content (AvgIpc) is 2.81. The molecule has 11 heteroatoms. The molecule has 2 N–H and O–H groups in total. The van der Waals surface area contributed by atoms with Gasteiger partial charge in [0.15, 0.2) is 0 Å². The number of rotatable bonds is 18. The van der Waals surface area contributed by atoms with Crippen LogP contribution in [0.1, 0.15) is 71.1 Å². The van der Waals surface area contributed by atoms with E-state index in [0.29, 0.717) is 6.61 Å². The molecule has 1 unspecified atom stereocenters. The van der Waals surface area contributed by atoms with Gasteiger partial charge in [-0.1, -0.05) is 44.9 Å². The van der Waals surface area contributed by atoms with Crippen LogP contribution in [0.3, 0.4) is 0 Å². The molecule has 34 heavy (non-hydrogen) atoms. The molecule has 0 saturated carbocycles. The number of esters is 1. The fourth-order valence-corrected chi connectivity index (χ4v) is 3.27. The van der Waals surface area contributed by atoms with Crippen LogP contribution >= 0.6 is 12.6 Å². The highest BCUT2D eigenvalue weighted by atomic mass is 32.1. The molecular weight excluding hydrogens is 481 g/mol. The van der Waals surface area contributed by atoms with Crippen LogP contribution in [0.4, 0.5) is 22.0 Å². The van der Waals surface area contributed by atoms with E-state index in [1.54, 1.807) is 0 Å². The van der Waals surface area contributed by atoms with E-state index in [0.717, 1.165) is 25.0 Å². The molecule has 0 aliphatic heterocycles. The number of carbonyl (C=O) groups excluding carboxylic acids is 1. The summed E-state index contributed by atoms with van der Waals surface area (Å²) in [6.45, 7) is 1.41. The Morgan fingerprint density at radius 3 is 1.79 bits per heavy atom. The van der Waals surface area contributed by atoms with Gasteiger partial charge in [-0.2, -0.15) is 21.4 Å². The van der Waals surface area contributed by atoms with Crippen molar-refractivity contribution in [3.05, 3.63) is 29.1 Å². The van der Waals surface area contributed by atoms with Gasteiger partial charge in [0.05, 0.1) is 6.61 Å². The second-order valence-corrected chi connectivity index (χ2v) is 8.69. The van der Waals surface area contributed by atoms with E-state index in [4.69, 9.17) is 15.2 Å². The quantitative estimate of drug-likeness (QED) is 0.0377. The molecule has 1 aromatic carbocycles. The zero-order valence-corrected chi connectivity index (χ0v) is 20.3. The number of benzene rings is 1. The molecule has 1 atom stereocenters. The molecule has 1 rings (SSSR count). The van der Waals surface area contributed by atoms with Gasteiger partial charge in [0.2, 0.25) is 34.8 Å². The van der Waals surface area contributed by atoms with Crippen molar-refractivity contribution in [3.63, 3.8) is 0 Å². The smallest absolute Gasteiger partial charge is 0.337 e. The van der Waals surface area contributed by atoms with E-state index < -0.39 is 53.1 Å². The lowest BCUT2D eigenvalue weighted by atomic mass is 10.1. The van der Waals surface area contributed by atoms with Crippen LogP contribution in [0.25, 0.3) is 0 Å². The number of unbranched alkanes of at least 4 members (excludes halogenated alkanes) is 8. The van der Waals surface area contributed by atoms with E-state index >= 15 is 0 Å². The number of thiol groups is 1. The van der Waals surface area contributed by atoms with Gasteiger partial charge in [0, 0.05) is 13.0 Å². The Kier molecular flexibility index (Phi) is 14.7. The fourth-order valence-electron chi connectivity index (χ4n) is 3.04. The third kappa shape index (κ3) is 11.3. The third-order valence-electron chi connectivity index (χ3n) is 5.09. The maximum atomic E-state index is 13.6. The maximum Gasteiger partial charge on any atom is 0.337 e. The molecule has 1 aromatic rings. The number of carbonyl (C=O) groups is 1. The zero-order valence-electron chi connectivity index (χ0n) is 19.4. The van der Waals surface area contributed by atoms with Gasteiger partial charge in [-0.25, -0.2) is 18.0 Å². The van der Waals surface area contributed by atoms with Crippen molar-refractivity contribution in [1.82, 2.24) is 0 Å². The molecule has 196 valence electrons. The van der Waals surface area contributed by atoms with Crippen molar-refractivity contribution in [1.29, 1.82) is 0 Å². The summed E-state index contributed by atoms with van der Waals surface area (Å²) in [5.74, 6) is -13.4. The second-order valence-electron chi connectivity index (χ2n) is 8.24.